The van der Waals surface area contributed by atoms with Crippen LogP contribution in [0.5, 0.6) is 0 Å². The number of benzene rings is 1. The van der Waals surface area contributed by atoms with Gasteiger partial charge in [0, 0.05) is 5.69 Å². The Balaban J connectivity index is 2.48. The average Bonchev–Trinajstić information content (AvgIpc) is 2.34. The number of carbonyl (C=O) groups excluding carboxylic acids is 3. The third kappa shape index (κ3) is 2.35. The maximum Gasteiger partial charge on any atom is 0.250 e. The summed E-state index contributed by atoms with van der Waals surface area (Å²) < 4.78 is 0. The molecule has 0 spiro atoms. The van der Waals surface area contributed by atoms with Crippen molar-refractivity contribution in [2.45, 2.75) is 13.0 Å². The summed E-state index contributed by atoms with van der Waals surface area (Å²) in [4.78, 5) is 36.0. The van der Waals surface area contributed by atoms with Gasteiger partial charge in [-0.1, -0.05) is 0 Å². The fraction of sp³-hybridized carbons (Fsp3) is 0.250. The normalized spacial score (nSPS) is 19.2. The Kier molecular flexibility index (Phi) is 3.12. The van der Waals surface area contributed by atoms with Crippen molar-refractivity contribution in [1.82, 2.24) is 5.32 Å². The lowest BCUT2D eigenvalue weighted by Crippen LogP contribution is -2.57. The van der Waals surface area contributed by atoms with E-state index in [2.05, 4.69) is 5.32 Å². The first-order valence-corrected chi connectivity index (χ1v) is 5.70. The average molecular weight is 262 g/mol. The predicted molar refractivity (Wildman–Crippen MR) is 69.3 cm³/mol. The van der Waals surface area contributed by atoms with Gasteiger partial charge in [-0.2, -0.15) is 0 Å². The second kappa shape index (κ2) is 4.60. The van der Waals surface area contributed by atoms with Crippen LogP contribution in [-0.2, 0) is 9.59 Å². The Morgan fingerprint density at radius 2 is 2.11 bits per heavy atom. The summed E-state index contributed by atoms with van der Waals surface area (Å²) >= 11 is 0. The minimum atomic E-state index is -0.659. The molecule has 1 fully saturated rings. The molecule has 1 aromatic rings. The van der Waals surface area contributed by atoms with Gasteiger partial charge in [-0.05, 0) is 25.1 Å². The molecule has 1 unspecified atom stereocenters. The largest absolute Gasteiger partial charge is 0.399 e. The topological polar surface area (TPSA) is 119 Å². The first-order valence-electron chi connectivity index (χ1n) is 5.70. The Bertz CT molecular complexity index is 570. The first kappa shape index (κ1) is 12.9. The first-order chi connectivity index (χ1) is 8.90. The zero-order chi connectivity index (χ0) is 14.2. The SMILES string of the molecule is CC1C(=O)NC(=O)CN1c1ccc(N)cc1C(N)=O. The molecule has 19 heavy (non-hydrogen) atoms. The summed E-state index contributed by atoms with van der Waals surface area (Å²) in [5.74, 6) is -1.49. The van der Waals surface area contributed by atoms with E-state index >= 15 is 0 Å². The molecule has 3 amide bonds. The maximum atomic E-state index is 11.6. The summed E-state index contributed by atoms with van der Waals surface area (Å²) in [7, 11) is 0. The van der Waals surface area contributed by atoms with Gasteiger partial charge in [0.15, 0.2) is 0 Å². The monoisotopic (exact) mass is 262 g/mol. The fourth-order valence-electron chi connectivity index (χ4n) is 2.01. The van der Waals surface area contributed by atoms with Crippen LogP contribution in [0, 0.1) is 0 Å². The van der Waals surface area contributed by atoms with E-state index in [-0.39, 0.29) is 12.1 Å². The van der Waals surface area contributed by atoms with Gasteiger partial charge in [-0.25, -0.2) is 0 Å². The molecule has 7 nitrogen and oxygen atoms in total. The van der Waals surface area contributed by atoms with E-state index in [0.717, 1.165) is 0 Å². The zero-order valence-corrected chi connectivity index (χ0v) is 10.3. The summed E-state index contributed by atoms with van der Waals surface area (Å²) in [5, 5.41) is 2.23. The number of hydrogen-bond donors (Lipinski definition) is 3. The molecule has 0 saturated carbocycles. The molecule has 0 radical (unpaired) electrons. The molecule has 0 aromatic heterocycles. The molecule has 1 atom stereocenters. The third-order valence-corrected chi connectivity index (χ3v) is 3.02. The molecule has 7 heteroatoms. The van der Waals surface area contributed by atoms with Gasteiger partial charge >= 0.3 is 0 Å². The number of nitrogens with zero attached hydrogens (tertiary/aromatic N) is 1. The Labute approximate surface area is 109 Å². The summed E-state index contributed by atoms with van der Waals surface area (Å²) in [6, 6.07) is 4.03. The lowest BCUT2D eigenvalue weighted by molar-refractivity contribution is -0.132. The van der Waals surface area contributed by atoms with Crippen molar-refractivity contribution in [3.63, 3.8) is 0 Å². The van der Waals surface area contributed by atoms with Crippen molar-refractivity contribution in [2.75, 3.05) is 17.2 Å². The second-order valence-corrected chi connectivity index (χ2v) is 4.36. The van der Waals surface area contributed by atoms with Crippen molar-refractivity contribution in [3.05, 3.63) is 23.8 Å². The van der Waals surface area contributed by atoms with Crippen LogP contribution >= 0.6 is 0 Å². The highest BCUT2D eigenvalue weighted by Crippen LogP contribution is 2.25. The van der Waals surface area contributed by atoms with Crippen molar-refractivity contribution < 1.29 is 14.4 Å². The highest BCUT2D eigenvalue weighted by Gasteiger charge is 2.32. The number of piperazine rings is 1. The van der Waals surface area contributed by atoms with E-state index in [1.165, 1.54) is 11.0 Å². The standard InChI is InChI=1S/C12H14N4O3/c1-6-12(19)15-10(17)5-16(6)9-3-2-7(13)4-8(9)11(14)18/h2-4,6H,5,13H2,1H3,(H2,14,18)(H,15,17,19). The summed E-state index contributed by atoms with van der Waals surface area (Å²) in [5.41, 5.74) is 11.9. The van der Waals surface area contributed by atoms with Crippen LogP contribution in [0.2, 0.25) is 0 Å². The quantitative estimate of drug-likeness (QED) is 0.477. The number of carbonyl (C=O) groups is 3. The number of nitrogens with one attached hydrogen (secondary N) is 1. The van der Waals surface area contributed by atoms with Crippen LogP contribution < -0.4 is 21.7 Å². The van der Waals surface area contributed by atoms with Gasteiger partial charge in [-0.15, -0.1) is 0 Å². The van der Waals surface area contributed by atoms with Gasteiger partial charge in [0.1, 0.15) is 6.04 Å². The van der Waals surface area contributed by atoms with E-state index < -0.39 is 23.8 Å². The minimum Gasteiger partial charge on any atom is -0.399 e. The summed E-state index contributed by atoms with van der Waals surface area (Å²) in [6.45, 7) is 1.63. The van der Waals surface area contributed by atoms with Crippen LogP contribution in [0.15, 0.2) is 18.2 Å². The molecular formula is C12H14N4O3. The van der Waals surface area contributed by atoms with Gasteiger partial charge in [-0.3, -0.25) is 19.7 Å². The number of rotatable bonds is 2. The van der Waals surface area contributed by atoms with Gasteiger partial charge in [0.2, 0.25) is 11.8 Å². The van der Waals surface area contributed by atoms with E-state index in [0.29, 0.717) is 11.4 Å². The molecule has 1 aliphatic heterocycles. The molecule has 0 bridgehead atoms. The zero-order valence-electron chi connectivity index (χ0n) is 10.3. The minimum absolute atomic E-state index is 0.0168. The van der Waals surface area contributed by atoms with Crippen molar-refractivity contribution in [2.24, 2.45) is 5.73 Å². The summed E-state index contributed by atoms with van der Waals surface area (Å²) in [6.07, 6.45) is 0. The second-order valence-electron chi connectivity index (χ2n) is 4.36. The van der Waals surface area contributed by atoms with Crippen LogP contribution in [0.1, 0.15) is 17.3 Å². The Morgan fingerprint density at radius 3 is 2.74 bits per heavy atom. The van der Waals surface area contributed by atoms with Crippen LogP contribution in [0.4, 0.5) is 11.4 Å². The molecule has 1 aromatic carbocycles. The molecule has 100 valence electrons. The smallest absolute Gasteiger partial charge is 0.250 e. The number of primary amides is 1. The number of anilines is 2. The fourth-order valence-corrected chi connectivity index (χ4v) is 2.01. The Morgan fingerprint density at radius 1 is 1.42 bits per heavy atom. The molecule has 1 saturated heterocycles. The predicted octanol–water partition coefficient (Wildman–Crippen LogP) is -0.781. The van der Waals surface area contributed by atoms with Crippen LogP contribution in [0.3, 0.4) is 0 Å². The van der Waals surface area contributed by atoms with Crippen molar-refractivity contribution in [3.8, 4) is 0 Å². The lowest BCUT2D eigenvalue weighted by Gasteiger charge is -2.34. The molecule has 1 aliphatic rings. The number of hydrogen-bond acceptors (Lipinski definition) is 5. The van der Waals surface area contributed by atoms with E-state index in [9.17, 15) is 14.4 Å². The van der Waals surface area contributed by atoms with E-state index in [1.54, 1.807) is 19.1 Å². The molecule has 1 heterocycles. The van der Waals surface area contributed by atoms with Gasteiger partial charge < -0.3 is 16.4 Å². The van der Waals surface area contributed by atoms with E-state index in [1.807, 2.05) is 0 Å². The van der Waals surface area contributed by atoms with Gasteiger partial charge in [0.05, 0.1) is 17.8 Å². The highest BCUT2D eigenvalue weighted by molar-refractivity contribution is 6.07. The molecule has 5 N–H and O–H groups in total. The number of imide groups is 1. The maximum absolute atomic E-state index is 11.6. The molecule has 0 aliphatic carbocycles. The number of nitrogens with two attached hydrogens (primary N) is 2. The number of amides is 3. The lowest BCUT2D eigenvalue weighted by atomic mass is 10.1. The van der Waals surface area contributed by atoms with Crippen molar-refractivity contribution >= 4 is 29.1 Å². The van der Waals surface area contributed by atoms with Crippen LogP contribution in [0.25, 0.3) is 0 Å². The van der Waals surface area contributed by atoms with Gasteiger partial charge in [0.25, 0.3) is 5.91 Å². The number of nitrogen functional groups attached to an aromatic ring is 1. The van der Waals surface area contributed by atoms with Crippen LogP contribution in [-0.4, -0.2) is 30.3 Å². The van der Waals surface area contributed by atoms with Crippen molar-refractivity contribution in [1.29, 1.82) is 0 Å². The highest BCUT2D eigenvalue weighted by atomic mass is 16.2. The third-order valence-electron chi connectivity index (χ3n) is 3.02. The van der Waals surface area contributed by atoms with E-state index in [4.69, 9.17) is 11.5 Å². The Hall–Kier alpha value is -2.57. The molecule has 2 rings (SSSR count). The molecular weight excluding hydrogens is 248 g/mol.